The van der Waals surface area contributed by atoms with Crippen molar-refractivity contribution in [1.29, 1.82) is 0 Å². The summed E-state index contributed by atoms with van der Waals surface area (Å²) in [7, 11) is 0. The molecule has 0 atom stereocenters. The zero-order valence-corrected chi connectivity index (χ0v) is 15.4. The van der Waals surface area contributed by atoms with Crippen LogP contribution in [0.2, 0.25) is 5.15 Å². The zero-order chi connectivity index (χ0) is 17.5. The van der Waals surface area contributed by atoms with Crippen molar-refractivity contribution in [3.05, 3.63) is 57.0 Å². The highest BCUT2D eigenvalue weighted by Crippen LogP contribution is 2.18. The predicted molar refractivity (Wildman–Crippen MR) is 99.3 cm³/mol. The van der Waals surface area contributed by atoms with Gasteiger partial charge in [0.15, 0.2) is 5.15 Å². The Bertz CT molecular complexity index is 871. The number of H-pyrrole nitrogens is 1. The van der Waals surface area contributed by atoms with E-state index >= 15 is 0 Å². The molecule has 3 rings (SSSR count). The number of aromatic amines is 1. The molecule has 11 heteroatoms. The first kappa shape index (κ1) is 17.8. The highest BCUT2D eigenvalue weighted by atomic mass is 35.5. The summed E-state index contributed by atoms with van der Waals surface area (Å²) in [4.78, 5) is 18.8. The number of anilines is 1. The van der Waals surface area contributed by atoms with E-state index in [1.807, 2.05) is 12.1 Å². The summed E-state index contributed by atoms with van der Waals surface area (Å²) >= 11 is 8.66. The zero-order valence-electron chi connectivity index (χ0n) is 13.0. The van der Waals surface area contributed by atoms with E-state index in [1.165, 1.54) is 0 Å². The van der Waals surface area contributed by atoms with Crippen LogP contribution < -0.4 is 10.9 Å². The number of hydrogen-bond donors (Lipinski definition) is 2. The minimum Gasteiger partial charge on any atom is -0.354 e. The van der Waals surface area contributed by atoms with Crippen molar-refractivity contribution in [2.24, 2.45) is 0 Å². The largest absolute Gasteiger partial charge is 0.354 e. The van der Waals surface area contributed by atoms with E-state index in [1.54, 1.807) is 24.2 Å². The van der Waals surface area contributed by atoms with Crippen molar-refractivity contribution in [3.8, 4) is 0 Å². The highest BCUT2D eigenvalue weighted by molar-refractivity contribution is 7.98. The van der Waals surface area contributed by atoms with Gasteiger partial charge in [0.25, 0.3) is 5.56 Å². The van der Waals surface area contributed by atoms with Gasteiger partial charge in [-0.1, -0.05) is 17.7 Å². The molecule has 0 fully saturated rings. The first-order valence-electron chi connectivity index (χ1n) is 7.35. The van der Waals surface area contributed by atoms with Crippen LogP contribution in [0, 0.1) is 0 Å². The van der Waals surface area contributed by atoms with E-state index in [-0.39, 0.29) is 5.56 Å². The Morgan fingerprint density at radius 1 is 1.28 bits per heavy atom. The lowest BCUT2D eigenvalue weighted by atomic mass is 10.2. The number of halogens is 1. The molecule has 0 saturated heterocycles. The Hall–Kier alpha value is -2.04. The van der Waals surface area contributed by atoms with Gasteiger partial charge in [-0.2, -0.15) is 20.5 Å². The van der Waals surface area contributed by atoms with Crippen molar-refractivity contribution in [2.75, 3.05) is 17.6 Å². The molecule has 0 amide bonds. The topological polar surface area (TPSA) is 109 Å². The number of aromatic nitrogens is 6. The van der Waals surface area contributed by atoms with Gasteiger partial charge in [-0.25, -0.2) is 0 Å². The fraction of sp³-hybridized carbons (Fsp3) is 0.286. The quantitative estimate of drug-likeness (QED) is 0.557. The third-order valence-electron chi connectivity index (χ3n) is 3.15. The van der Waals surface area contributed by atoms with Crippen molar-refractivity contribution >= 4 is 41.0 Å². The number of thioether (sulfide) groups is 1. The van der Waals surface area contributed by atoms with Crippen molar-refractivity contribution < 1.29 is 0 Å². The van der Waals surface area contributed by atoms with Crippen LogP contribution in [0.4, 0.5) is 5.95 Å². The predicted octanol–water partition coefficient (Wildman–Crippen LogP) is 2.00. The van der Waals surface area contributed by atoms with Gasteiger partial charge in [0.1, 0.15) is 11.4 Å². The number of rotatable bonds is 8. The molecule has 0 aromatic carbocycles. The molecule has 0 spiro atoms. The van der Waals surface area contributed by atoms with Crippen molar-refractivity contribution in [3.63, 3.8) is 0 Å². The van der Waals surface area contributed by atoms with Gasteiger partial charge in [0, 0.05) is 36.9 Å². The molecular formula is C14H14ClN7OS2. The van der Waals surface area contributed by atoms with Gasteiger partial charge >= 0.3 is 0 Å². The molecule has 3 aromatic heterocycles. The SMILES string of the molecule is O=c1[nH]c(NCCSCc2nsnc2Cl)nnc1Cc1cccnc1. The lowest BCUT2D eigenvalue weighted by molar-refractivity contribution is 0.862. The fourth-order valence-corrected chi connectivity index (χ4v) is 3.61. The Kier molecular flexibility index (Phi) is 6.31. The third-order valence-corrected chi connectivity index (χ3v) is 5.09. The van der Waals surface area contributed by atoms with Gasteiger partial charge in [-0.15, -0.1) is 10.2 Å². The maximum Gasteiger partial charge on any atom is 0.274 e. The average molecular weight is 396 g/mol. The molecule has 130 valence electrons. The number of pyridine rings is 1. The average Bonchev–Trinajstić information content (AvgIpc) is 3.03. The monoisotopic (exact) mass is 395 g/mol. The van der Waals surface area contributed by atoms with Crippen molar-refractivity contribution in [2.45, 2.75) is 12.2 Å². The minimum atomic E-state index is -0.255. The van der Waals surface area contributed by atoms with Crippen LogP contribution in [0.5, 0.6) is 0 Å². The summed E-state index contributed by atoms with van der Waals surface area (Å²) < 4.78 is 8.03. The molecule has 0 bridgehead atoms. The van der Waals surface area contributed by atoms with E-state index in [2.05, 4.69) is 34.2 Å². The molecule has 0 aliphatic carbocycles. The first-order valence-corrected chi connectivity index (χ1v) is 9.62. The third kappa shape index (κ3) is 5.21. The maximum atomic E-state index is 12.1. The van der Waals surface area contributed by atoms with Crippen LogP contribution in [0.1, 0.15) is 17.0 Å². The summed E-state index contributed by atoms with van der Waals surface area (Å²) in [5.41, 5.74) is 1.81. The molecule has 0 aliphatic heterocycles. The van der Waals surface area contributed by atoms with E-state index in [4.69, 9.17) is 11.6 Å². The molecule has 8 nitrogen and oxygen atoms in total. The Balaban J connectivity index is 1.46. The molecular weight excluding hydrogens is 382 g/mol. The van der Waals surface area contributed by atoms with Gasteiger partial charge < -0.3 is 5.32 Å². The van der Waals surface area contributed by atoms with Gasteiger partial charge in [0.2, 0.25) is 5.95 Å². The minimum absolute atomic E-state index is 0.255. The normalized spacial score (nSPS) is 10.8. The summed E-state index contributed by atoms with van der Waals surface area (Å²) in [6.45, 7) is 0.631. The first-order chi connectivity index (χ1) is 12.2. The standard InChI is InChI=1S/C14H14ClN7OS2/c15-12-11(21-25-22-12)8-24-5-4-17-14-18-13(23)10(19-20-14)6-9-2-1-3-16-7-9/h1-3,7H,4-6,8H2,(H2,17,18,20,23). The smallest absolute Gasteiger partial charge is 0.274 e. The molecule has 2 N–H and O–H groups in total. The summed E-state index contributed by atoms with van der Waals surface area (Å²) in [5.74, 6) is 1.85. The van der Waals surface area contributed by atoms with Crippen molar-refractivity contribution in [1.82, 2.24) is 28.9 Å². The number of nitrogens with zero attached hydrogens (tertiary/aromatic N) is 5. The summed E-state index contributed by atoms with van der Waals surface area (Å²) in [6, 6.07) is 3.71. The molecule has 0 radical (unpaired) electrons. The molecule has 25 heavy (non-hydrogen) atoms. The van der Waals surface area contributed by atoms with E-state index in [0.717, 1.165) is 28.7 Å². The van der Waals surface area contributed by atoms with Gasteiger partial charge in [0.05, 0.1) is 11.7 Å². The Morgan fingerprint density at radius 2 is 2.20 bits per heavy atom. The lowest BCUT2D eigenvalue weighted by Gasteiger charge is -2.05. The highest BCUT2D eigenvalue weighted by Gasteiger charge is 2.07. The van der Waals surface area contributed by atoms with Gasteiger partial charge in [-0.05, 0) is 11.6 Å². The van der Waals surface area contributed by atoms with E-state index < -0.39 is 0 Å². The van der Waals surface area contributed by atoms with Crippen LogP contribution in [0.25, 0.3) is 0 Å². The molecule has 3 heterocycles. The van der Waals surface area contributed by atoms with Crippen LogP contribution in [-0.4, -0.2) is 41.2 Å². The van der Waals surface area contributed by atoms with Crippen LogP contribution in [-0.2, 0) is 12.2 Å². The van der Waals surface area contributed by atoms with Crippen LogP contribution in [0.15, 0.2) is 29.3 Å². The van der Waals surface area contributed by atoms with Crippen LogP contribution in [0.3, 0.4) is 0 Å². The molecule has 0 aliphatic rings. The van der Waals surface area contributed by atoms with Gasteiger partial charge in [-0.3, -0.25) is 14.8 Å². The fourth-order valence-electron chi connectivity index (χ4n) is 1.94. The number of hydrogen-bond acceptors (Lipinski definition) is 9. The summed E-state index contributed by atoms with van der Waals surface area (Å²) in [6.07, 6.45) is 3.78. The lowest BCUT2D eigenvalue weighted by Crippen LogP contribution is -2.20. The van der Waals surface area contributed by atoms with E-state index in [0.29, 0.717) is 35.5 Å². The second-order valence-electron chi connectivity index (χ2n) is 4.97. The maximum absolute atomic E-state index is 12.1. The van der Waals surface area contributed by atoms with E-state index in [9.17, 15) is 4.79 Å². The Labute approximate surface area is 156 Å². The second kappa shape index (κ2) is 8.88. The summed E-state index contributed by atoms with van der Waals surface area (Å²) in [5, 5.41) is 11.5. The molecule has 0 saturated carbocycles. The number of nitrogens with one attached hydrogen (secondary N) is 2. The Morgan fingerprint density at radius 3 is 2.92 bits per heavy atom. The molecule has 3 aromatic rings. The van der Waals surface area contributed by atoms with Crippen LogP contribution >= 0.6 is 35.1 Å². The second-order valence-corrected chi connectivity index (χ2v) is 6.96. The molecule has 0 unspecified atom stereocenters.